The number of carbonyl (C=O) groups excluding carboxylic acids is 1. The first-order valence-electron chi connectivity index (χ1n) is 12.2. The van der Waals surface area contributed by atoms with Crippen LogP contribution in [0.1, 0.15) is 53.0 Å². The summed E-state index contributed by atoms with van der Waals surface area (Å²) in [6.07, 6.45) is 6.29. The van der Waals surface area contributed by atoms with Gasteiger partial charge < -0.3 is 20.2 Å². The Hall–Kier alpha value is -3.14. The largest absolute Gasteiger partial charge is 0.444 e. The van der Waals surface area contributed by atoms with Crippen molar-refractivity contribution in [3.05, 3.63) is 36.5 Å². The number of carbonyl (C=O) groups is 1. The lowest BCUT2D eigenvalue weighted by Gasteiger charge is -2.43. The van der Waals surface area contributed by atoms with Crippen molar-refractivity contribution in [2.75, 3.05) is 45.1 Å². The molecule has 1 unspecified atom stereocenters. The zero-order valence-electron chi connectivity index (χ0n) is 21.8. The van der Waals surface area contributed by atoms with Crippen LogP contribution >= 0.6 is 0 Å². The minimum atomic E-state index is -0.527. The number of anilines is 1. The molecule has 0 saturated carbocycles. The highest BCUT2D eigenvalue weighted by atomic mass is 16.6. The third kappa shape index (κ3) is 8.54. The molecule has 1 atom stereocenters. The molecule has 2 heterocycles. The molecule has 0 aliphatic carbocycles. The molecule has 1 amide bonds. The lowest BCUT2D eigenvalue weighted by Crippen LogP contribution is -2.58. The Morgan fingerprint density at radius 2 is 2.03 bits per heavy atom. The monoisotopic (exact) mass is 487 g/mol. The fourth-order valence-electron chi connectivity index (χ4n) is 3.60. The molecule has 0 radical (unpaired) electrons. The highest BCUT2D eigenvalue weighted by Crippen LogP contribution is 2.20. The maximum absolute atomic E-state index is 12.5. The highest BCUT2D eigenvalue weighted by molar-refractivity contribution is 6.07. The first-order chi connectivity index (χ1) is 16.7. The van der Waals surface area contributed by atoms with Crippen molar-refractivity contribution in [3.8, 4) is 0 Å². The van der Waals surface area contributed by atoms with Crippen LogP contribution in [-0.2, 0) is 9.57 Å². The van der Waals surface area contributed by atoms with E-state index >= 15 is 0 Å². The molecule has 2 rings (SSSR count). The second kappa shape index (κ2) is 13.7. The molecule has 0 aromatic carbocycles. The second-order valence-corrected chi connectivity index (χ2v) is 9.21. The summed E-state index contributed by atoms with van der Waals surface area (Å²) < 4.78 is 5.55. The van der Waals surface area contributed by atoms with Gasteiger partial charge in [0.25, 0.3) is 0 Å². The number of amidine groups is 1. The third-order valence-electron chi connectivity index (χ3n) is 5.25. The number of nitrogen functional groups attached to an aromatic ring is 1. The molecule has 1 fully saturated rings. The van der Waals surface area contributed by atoms with Crippen LogP contribution in [0.25, 0.3) is 0 Å². The van der Waals surface area contributed by atoms with Crippen LogP contribution in [0.5, 0.6) is 0 Å². The molecule has 1 aromatic heterocycles. The summed E-state index contributed by atoms with van der Waals surface area (Å²) in [5.41, 5.74) is 6.37. The number of ether oxygens (including phenoxy) is 1. The van der Waals surface area contributed by atoms with E-state index in [2.05, 4.69) is 26.6 Å². The summed E-state index contributed by atoms with van der Waals surface area (Å²) in [4.78, 5) is 32.9. The summed E-state index contributed by atoms with van der Waals surface area (Å²) in [5, 5.41) is 4.47. The van der Waals surface area contributed by atoms with E-state index in [1.54, 1.807) is 17.4 Å². The summed E-state index contributed by atoms with van der Waals surface area (Å²) in [7, 11) is 0. The number of piperazine rings is 1. The molecule has 1 saturated heterocycles. The van der Waals surface area contributed by atoms with Crippen molar-refractivity contribution in [1.82, 2.24) is 19.7 Å². The van der Waals surface area contributed by atoms with E-state index in [1.807, 2.05) is 57.7 Å². The van der Waals surface area contributed by atoms with Gasteiger partial charge in [-0.25, -0.2) is 9.78 Å². The first-order valence-corrected chi connectivity index (χ1v) is 12.2. The summed E-state index contributed by atoms with van der Waals surface area (Å²) in [6, 6.07) is 3.69. The van der Waals surface area contributed by atoms with Crippen LogP contribution in [0.15, 0.2) is 41.1 Å². The molecule has 0 spiro atoms. The zero-order valence-corrected chi connectivity index (χ0v) is 21.8. The van der Waals surface area contributed by atoms with Crippen molar-refractivity contribution in [3.63, 3.8) is 0 Å². The number of hydrogen-bond donors (Lipinski definition) is 1. The van der Waals surface area contributed by atoms with Gasteiger partial charge in [0.2, 0.25) is 0 Å². The zero-order chi connectivity index (χ0) is 25.8. The molecule has 1 aromatic rings. The topological polar surface area (TPSA) is 109 Å². The molecule has 1 aliphatic heterocycles. The van der Waals surface area contributed by atoms with Gasteiger partial charge in [0.15, 0.2) is 5.84 Å². The highest BCUT2D eigenvalue weighted by Gasteiger charge is 2.33. The molecule has 10 nitrogen and oxygen atoms in total. The molecule has 194 valence electrons. The van der Waals surface area contributed by atoms with Gasteiger partial charge in [0.05, 0.1) is 18.1 Å². The Labute approximate surface area is 209 Å². The maximum Gasteiger partial charge on any atom is 0.410 e. The Balaban J connectivity index is 2.35. The molecule has 10 heteroatoms. The van der Waals surface area contributed by atoms with Crippen molar-refractivity contribution < 1.29 is 14.4 Å². The summed E-state index contributed by atoms with van der Waals surface area (Å²) in [5.74, 6) is 0.885. The molecular formula is C25H41N7O3. The van der Waals surface area contributed by atoms with Crippen molar-refractivity contribution >= 4 is 24.1 Å². The van der Waals surface area contributed by atoms with Gasteiger partial charge >= 0.3 is 6.09 Å². The van der Waals surface area contributed by atoms with E-state index in [-0.39, 0.29) is 12.3 Å². The van der Waals surface area contributed by atoms with Crippen molar-refractivity contribution in [1.29, 1.82) is 0 Å². The predicted molar refractivity (Wildman–Crippen MR) is 140 cm³/mol. The minimum absolute atomic E-state index is 0.160. The maximum atomic E-state index is 12.5. The molecule has 0 bridgehead atoms. The van der Waals surface area contributed by atoms with E-state index in [4.69, 9.17) is 15.3 Å². The van der Waals surface area contributed by atoms with Crippen LogP contribution in [0, 0.1) is 0 Å². The van der Waals surface area contributed by atoms with E-state index < -0.39 is 5.60 Å². The number of oxime groups is 1. The molecule has 2 N–H and O–H groups in total. The van der Waals surface area contributed by atoms with E-state index in [9.17, 15) is 4.79 Å². The smallest absolute Gasteiger partial charge is 0.410 e. The number of pyridine rings is 1. The van der Waals surface area contributed by atoms with E-state index in [0.29, 0.717) is 63.0 Å². The number of aliphatic imine (C=N–C) groups is 1. The lowest BCUT2D eigenvalue weighted by atomic mass is 10.1. The SMILES string of the molecule is C=CCC(N1CCN(C(=O)OC(C)(C)C)CC1)N(/C=N/CC)C(=NOCCC)c1cccnc1N. The van der Waals surface area contributed by atoms with Gasteiger partial charge in [0, 0.05) is 38.9 Å². The molecule has 35 heavy (non-hydrogen) atoms. The number of hydrogen-bond acceptors (Lipinski definition) is 8. The summed E-state index contributed by atoms with van der Waals surface area (Å²) >= 11 is 0. The normalized spacial score (nSPS) is 16.3. The number of nitrogens with two attached hydrogens (primary N) is 1. The fraction of sp³-hybridized carbons (Fsp3) is 0.600. The summed E-state index contributed by atoms with van der Waals surface area (Å²) in [6.45, 7) is 17.1. The second-order valence-electron chi connectivity index (χ2n) is 9.21. The minimum Gasteiger partial charge on any atom is -0.444 e. The number of aromatic nitrogens is 1. The quantitative estimate of drug-likeness (QED) is 0.177. The van der Waals surface area contributed by atoms with Gasteiger partial charge in [-0.15, -0.1) is 6.58 Å². The van der Waals surface area contributed by atoms with Crippen LogP contribution in [0.2, 0.25) is 0 Å². The Morgan fingerprint density at radius 3 is 2.60 bits per heavy atom. The average Bonchev–Trinajstić information content (AvgIpc) is 2.82. The molecular weight excluding hydrogens is 446 g/mol. The van der Waals surface area contributed by atoms with Gasteiger partial charge in [-0.3, -0.25) is 14.8 Å². The van der Waals surface area contributed by atoms with E-state index in [1.165, 1.54) is 0 Å². The predicted octanol–water partition coefficient (Wildman–Crippen LogP) is 3.56. The molecule has 1 aliphatic rings. The number of rotatable bonds is 10. The Kier molecular flexibility index (Phi) is 11.0. The fourth-order valence-corrected chi connectivity index (χ4v) is 3.60. The van der Waals surface area contributed by atoms with Gasteiger partial charge in [0.1, 0.15) is 18.0 Å². The first kappa shape index (κ1) is 28.1. The third-order valence-corrected chi connectivity index (χ3v) is 5.25. The number of nitrogens with zero attached hydrogens (tertiary/aromatic N) is 6. The lowest BCUT2D eigenvalue weighted by molar-refractivity contribution is 0.00501. The van der Waals surface area contributed by atoms with Crippen LogP contribution in [0.3, 0.4) is 0 Å². The van der Waals surface area contributed by atoms with Gasteiger partial charge in [-0.1, -0.05) is 18.2 Å². The number of amides is 1. The van der Waals surface area contributed by atoms with Gasteiger partial charge in [-0.2, -0.15) is 0 Å². The standard InChI is InChI=1S/C25H41N7O3/c1-7-11-21(30-14-16-31(17-15-30)24(33)35-25(4,5)6)32(19-27-9-3)23(29-34-18-8-2)20-12-10-13-28-22(20)26/h7,10,12-13,19,21H,1,8-9,11,14-18H2,2-6H3,(H2,26,28)/b27-19+,29-23?. The van der Waals surface area contributed by atoms with Crippen LogP contribution in [0.4, 0.5) is 10.6 Å². The average molecular weight is 488 g/mol. The van der Waals surface area contributed by atoms with Crippen molar-refractivity contribution in [2.24, 2.45) is 10.1 Å². The van der Waals surface area contributed by atoms with Crippen LogP contribution < -0.4 is 5.73 Å². The van der Waals surface area contributed by atoms with Crippen molar-refractivity contribution in [2.45, 2.75) is 59.2 Å². The van der Waals surface area contributed by atoms with Crippen LogP contribution in [-0.4, -0.2) is 89.0 Å². The van der Waals surface area contributed by atoms with Gasteiger partial charge in [-0.05, 0) is 52.7 Å². The Morgan fingerprint density at radius 1 is 1.31 bits per heavy atom. The Bertz CT molecular complexity index is 874. The van der Waals surface area contributed by atoms with E-state index in [0.717, 1.165) is 6.42 Å².